The molecule has 196 valence electrons. The van der Waals surface area contributed by atoms with Gasteiger partial charge in [-0.25, -0.2) is 0 Å². The van der Waals surface area contributed by atoms with Gasteiger partial charge in [-0.1, -0.05) is 53.5 Å². The van der Waals surface area contributed by atoms with Gasteiger partial charge < -0.3 is 10.6 Å². The highest BCUT2D eigenvalue weighted by Crippen LogP contribution is 2.38. The normalized spacial score (nSPS) is 16.4. The van der Waals surface area contributed by atoms with Crippen LogP contribution in [-0.2, 0) is 23.6 Å². The minimum absolute atomic E-state index is 0.0567. The minimum atomic E-state index is -4.68. The van der Waals surface area contributed by atoms with Crippen LogP contribution in [0.5, 0.6) is 0 Å². The van der Waals surface area contributed by atoms with E-state index in [1.54, 1.807) is 12.1 Å². The molecule has 1 aliphatic heterocycles. The van der Waals surface area contributed by atoms with Crippen LogP contribution in [0.15, 0.2) is 78.1 Å². The molecule has 13 heteroatoms. The third kappa shape index (κ3) is 6.61. The van der Waals surface area contributed by atoms with Crippen LogP contribution in [0.3, 0.4) is 0 Å². The van der Waals surface area contributed by atoms with Crippen molar-refractivity contribution in [2.24, 2.45) is 0 Å². The maximum Gasteiger partial charge on any atom is 0.417 e. The van der Waals surface area contributed by atoms with E-state index in [1.807, 2.05) is 18.2 Å². The second kappa shape index (κ2) is 10.7. The molecular weight excluding hydrogens is 545 g/mol. The molecule has 1 atom stereocenters. The molecule has 1 heterocycles. The molecule has 0 radical (unpaired) electrons. The standard InChI is InChI=1S/C24H18Cl2F6N4O/c25-19-8-6-14(11-17(19)23(27,28)29)33-21-16(10-13-4-2-1-3-5-13)22(37-36-35-21)34-15-7-9-20(26)18(12-15)24(30,31)32/h1-9,11-12,22,33-36H,10H2. The molecule has 0 fully saturated rings. The summed E-state index contributed by atoms with van der Waals surface area (Å²) in [5.74, 6) is 0.230. The van der Waals surface area contributed by atoms with Crippen molar-refractivity contribution in [1.82, 2.24) is 11.0 Å². The van der Waals surface area contributed by atoms with E-state index in [4.69, 9.17) is 28.0 Å². The first kappa shape index (κ1) is 26.9. The Labute approximate surface area is 217 Å². The zero-order valence-electron chi connectivity index (χ0n) is 18.6. The van der Waals surface area contributed by atoms with Crippen LogP contribution >= 0.6 is 23.2 Å². The van der Waals surface area contributed by atoms with E-state index in [9.17, 15) is 26.3 Å². The minimum Gasteiger partial charge on any atom is -0.355 e. The fourth-order valence-electron chi connectivity index (χ4n) is 3.60. The summed E-state index contributed by atoms with van der Waals surface area (Å²) in [6.07, 6.45) is -10.1. The van der Waals surface area contributed by atoms with Crippen molar-refractivity contribution in [3.63, 3.8) is 0 Å². The molecule has 4 rings (SSSR count). The number of benzene rings is 3. The molecule has 5 nitrogen and oxygen atoms in total. The van der Waals surface area contributed by atoms with Crippen LogP contribution < -0.4 is 21.6 Å². The van der Waals surface area contributed by atoms with E-state index in [-0.39, 0.29) is 23.6 Å². The molecule has 0 aliphatic carbocycles. The number of hydrogen-bond donors (Lipinski definition) is 4. The maximum absolute atomic E-state index is 13.3. The third-order valence-electron chi connectivity index (χ3n) is 5.34. The largest absolute Gasteiger partial charge is 0.417 e. The smallest absolute Gasteiger partial charge is 0.355 e. The Morgan fingerprint density at radius 2 is 1.35 bits per heavy atom. The second-order valence-corrected chi connectivity index (χ2v) is 8.76. The summed E-state index contributed by atoms with van der Waals surface area (Å²) in [6.45, 7) is 0. The Balaban J connectivity index is 1.71. The van der Waals surface area contributed by atoms with E-state index in [1.165, 1.54) is 12.1 Å². The van der Waals surface area contributed by atoms with Crippen molar-refractivity contribution in [1.29, 1.82) is 0 Å². The molecule has 3 aromatic rings. The molecule has 0 saturated carbocycles. The summed E-state index contributed by atoms with van der Waals surface area (Å²) in [5, 5.41) is 4.82. The van der Waals surface area contributed by atoms with Crippen LogP contribution in [0, 0.1) is 0 Å². The van der Waals surface area contributed by atoms with Gasteiger partial charge >= 0.3 is 12.4 Å². The Hall–Kier alpha value is -3.12. The van der Waals surface area contributed by atoms with Crippen LogP contribution in [0.2, 0.25) is 10.0 Å². The molecular formula is C24H18Cl2F6N4O. The van der Waals surface area contributed by atoms with Gasteiger partial charge in [-0.3, -0.25) is 10.3 Å². The van der Waals surface area contributed by atoms with Gasteiger partial charge in [0, 0.05) is 23.4 Å². The Kier molecular flexibility index (Phi) is 7.79. The fraction of sp³-hybridized carbons (Fsp3) is 0.167. The van der Waals surface area contributed by atoms with Crippen LogP contribution in [-0.4, -0.2) is 6.23 Å². The van der Waals surface area contributed by atoms with Crippen molar-refractivity contribution in [3.05, 3.63) is 105 Å². The quantitative estimate of drug-likeness (QED) is 0.236. The summed E-state index contributed by atoms with van der Waals surface area (Å²) < 4.78 is 80.1. The lowest BCUT2D eigenvalue weighted by molar-refractivity contribution is -0.138. The molecule has 3 aromatic carbocycles. The van der Waals surface area contributed by atoms with Gasteiger partial charge in [-0.2, -0.15) is 26.3 Å². The predicted molar refractivity (Wildman–Crippen MR) is 128 cm³/mol. The molecule has 0 spiro atoms. The van der Waals surface area contributed by atoms with Gasteiger partial charge in [-0.05, 0) is 42.0 Å². The Bertz CT molecular complexity index is 1300. The summed E-state index contributed by atoms with van der Waals surface area (Å²) in [6, 6.07) is 15.7. The lowest BCUT2D eigenvalue weighted by Crippen LogP contribution is -2.48. The van der Waals surface area contributed by atoms with Crippen molar-refractivity contribution in [3.8, 4) is 0 Å². The first-order valence-electron chi connectivity index (χ1n) is 10.6. The van der Waals surface area contributed by atoms with Crippen molar-refractivity contribution in [2.45, 2.75) is 25.0 Å². The van der Waals surface area contributed by atoms with Gasteiger partial charge in [0.25, 0.3) is 0 Å². The molecule has 1 aliphatic rings. The summed E-state index contributed by atoms with van der Waals surface area (Å²) in [5.41, 5.74) is 4.47. The van der Waals surface area contributed by atoms with Crippen molar-refractivity contribution in [2.75, 3.05) is 10.6 Å². The second-order valence-electron chi connectivity index (χ2n) is 7.94. The number of halogens is 8. The number of hydrazine groups is 1. The zero-order valence-corrected chi connectivity index (χ0v) is 20.1. The van der Waals surface area contributed by atoms with Crippen LogP contribution in [0.25, 0.3) is 0 Å². The highest BCUT2D eigenvalue weighted by atomic mass is 35.5. The zero-order chi connectivity index (χ0) is 26.8. The first-order chi connectivity index (χ1) is 17.4. The lowest BCUT2D eigenvalue weighted by atomic mass is 10.0. The average molecular weight is 563 g/mol. The number of hydrogen-bond acceptors (Lipinski definition) is 5. The van der Waals surface area contributed by atoms with Crippen molar-refractivity contribution < 1.29 is 31.2 Å². The van der Waals surface area contributed by atoms with Crippen LogP contribution in [0.4, 0.5) is 37.7 Å². The molecule has 37 heavy (non-hydrogen) atoms. The number of nitrogens with one attached hydrogen (secondary N) is 4. The van der Waals surface area contributed by atoms with Gasteiger partial charge in [0.1, 0.15) is 5.82 Å². The van der Waals surface area contributed by atoms with E-state index in [2.05, 4.69) is 21.6 Å². The monoisotopic (exact) mass is 562 g/mol. The van der Waals surface area contributed by atoms with E-state index >= 15 is 0 Å². The predicted octanol–water partition coefficient (Wildman–Crippen LogP) is 7.37. The SMILES string of the molecule is FC(F)(F)c1cc(NC2=C(Cc3ccccc3)C(Nc3ccc(Cl)c(C(F)(F)F)c3)ONN2)ccc1Cl. The Morgan fingerprint density at radius 1 is 0.784 bits per heavy atom. The summed E-state index contributed by atoms with van der Waals surface area (Å²) >= 11 is 11.4. The molecule has 4 N–H and O–H groups in total. The van der Waals surface area contributed by atoms with E-state index in [0.717, 1.165) is 29.8 Å². The summed E-state index contributed by atoms with van der Waals surface area (Å²) in [7, 11) is 0. The Morgan fingerprint density at radius 3 is 1.95 bits per heavy atom. The van der Waals surface area contributed by atoms with Gasteiger partial charge in [0.2, 0.25) is 0 Å². The highest BCUT2D eigenvalue weighted by Gasteiger charge is 2.35. The highest BCUT2D eigenvalue weighted by molar-refractivity contribution is 6.31. The molecule has 1 unspecified atom stereocenters. The van der Waals surface area contributed by atoms with Gasteiger partial charge in [0.05, 0.1) is 21.2 Å². The number of anilines is 2. The van der Waals surface area contributed by atoms with Crippen LogP contribution in [0.1, 0.15) is 16.7 Å². The third-order valence-corrected chi connectivity index (χ3v) is 6.00. The topological polar surface area (TPSA) is 57.4 Å². The molecule has 0 amide bonds. The number of alkyl halides is 6. The average Bonchev–Trinajstić information content (AvgIpc) is 2.82. The van der Waals surface area contributed by atoms with E-state index < -0.39 is 39.8 Å². The molecule has 0 bridgehead atoms. The molecule has 0 saturated heterocycles. The molecule has 0 aromatic heterocycles. The maximum atomic E-state index is 13.3. The summed E-state index contributed by atoms with van der Waals surface area (Å²) in [4.78, 5) is 5.50. The van der Waals surface area contributed by atoms with Crippen molar-refractivity contribution >= 4 is 34.6 Å². The lowest BCUT2D eigenvalue weighted by Gasteiger charge is -2.32. The van der Waals surface area contributed by atoms with Gasteiger partial charge in [-0.15, -0.1) is 5.59 Å². The number of rotatable bonds is 6. The van der Waals surface area contributed by atoms with E-state index in [0.29, 0.717) is 5.57 Å². The first-order valence-corrected chi connectivity index (χ1v) is 11.4. The van der Waals surface area contributed by atoms with Gasteiger partial charge in [0.15, 0.2) is 6.23 Å². The fourth-order valence-corrected chi connectivity index (χ4v) is 4.04.